The van der Waals surface area contributed by atoms with Gasteiger partial charge in [0.1, 0.15) is 23.9 Å². The molecular formula is C12H16FN5O3. The number of hydrogen-bond acceptors (Lipinski definition) is 7. The molecule has 4 atom stereocenters. The molecule has 4 N–H and O–H groups in total. The Morgan fingerprint density at radius 3 is 2.67 bits per heavy atom. The smallest absolute Gasteiger partial charge is 0.173 e. The van der Waals surface area contributed by atoms with Crippen molar-refractivity contribution in [2.75, 3.05) is 12.3 Å². The molecule has 9 heteroatoms. The molecule has 2 aromatic heterocycles. The highest BCUT2D eigenvalue weighted by atomic mass is 19.1. The van der Waals surface area contributed by atoms with Gasteiger partial charge in [-0.05, 0) is 13.8 Å². The zero-order valence-corrected chi connectivity index (χ0v) is 11.6. The average molecular weight is 297 g/mol. The van der Waals surface area contributed by atoms with Gasteiger partial charge in [-0.25, -0.2) is 19.3 Å². The lowest BCUT2D eigenvalue weighted by Gasteiger charge is -2.17. The van der Waals surface area contributed by atoms with Gasteiger partial charge in [0, 0.05) is 0 Å². The largest absolute Gasteiger partial charge is 0.394 e. The maximum Gasteiger partial charge on any atom is 0.173 e. The Labute approximate surface area is 119 Å². The van der Waals surface area contributed by atoms with Crippen molar-refractivity contribution in [1.29, 1.82) is 0 Å². The van der Waals surface area contributed by atoms with Crippen molar-refractivity contribution >= 4 is 17.0 Å². The van der Waals surface area contributed by atoms with Crippen LogP contribution in [-0.4, -0.2) is 54.7 Å². The van der Waals surface area contributed by atoms with E-state index in [9.17, 15) is 9.50 Å². The SMILES string of the molecule is Cc1nc(N)c2nc(C)n([C@@H]3O[C@H](CO)C(O)[C@@H]3F)c2n1. The Hall–Kier alpha value is -1.84. The van der Waals surface area contributed by atoms with Crippen molar-refractivity contribution in [3.05, 3.63) is 11.6 Å². The number of imidazole rings is 1. The second-order valence-electron chi connectivity index (χ2n) is 5.04. The molecule has 21 heavy (non-hydrogen) atoms. The molecule has 1 aliphatic heterocycles. The van der Waals surface area contributed by atoms with Crippen molar-refractivity contribution in [2.24, 2.45) is 0 Å². The van der Waals surface area contributed by atoms with Crippen LogP contribution in [0.4, 0.5) is 10.2 Å². The maximum atomic E-state index is 14.3. The molecule has 0 saturated carbocycles. The van der Waals surface area contributed by atoms with E-state index in [0.29, 0.717) is 22.8 Å². The average Bonchev–Trinajstić information content (AvgIpc) is 2.89. The number of ether oxygens (including phenoxy) is 1. The van der Waals surface area contributed by atoms with Gasteiger partial charge in [-0.15, -0.1) is 0 Å². The Kier molecular flexibility index (Phi) is 3.27. The summed E-state index contributed by atoms with van der Waals surface area (Å²) in [5, 5.41) is 18.9. The number of rotatable bonds is 2. The van der Waals surface area contributed by atoms with Gasteiger partial charge in [0.25, 0.3) is 0 Å². The zero-order chi connectivity index (χ0) is 15.3. The molecule has 0 spiro atoms. The third kappa shape index (κ3) is 2.04. The molecule has 0 amide bonds. The number of nitrogen functional groups attached to an aromatic ring is 1. The Balaban J connectivity index is 2.15. The molecule has 1 aliphatic rings. The Morgan fingerprint density at radius 1 is 1.33 bits per heavy atom. The number of fused-ring (bicyclic) bond motifs is 1. The van der Waals surface area contributed by atoms with Gasteiger partial charge < -0.3 is 20.7 Å². The highest BCUT2D eigenvalue weighted by Crippen LogP contribution is 2.35. The zero-order valence-electron chi connectivity index (χ0n) is 11.6. The topological polar surface area (TPSA) is 119 Å². The highest BCUT2D eigenvalue weighted by Gasteiger charge is 2.46. The van der Waals surface area contributed by atoms with Crippen LogP contribution in [0.5, 0.6) is 0 Å². The summed E-state index contributed by atoms with van der Waals surface area (Å²) >= 11 is 0. The molecule has 3 heterocycles. The van der Waals surface area contributed by atoms with Crippen LogP contribution in [0.3, 0.4) is 0 Å². The lowest BCUT2D eigenvalue weighted by atomic mass is 10.1. The quantitative estimate of drug-likeness (QED) is 0.690. The predicted molar refractivity (Wildman–Crippen MR) is 71.1 cm³/mol. The van der Waals surface area contributed by atoms with Gasteiger partial charge >= 0.3 is 0 Å². The fourth-order valence-corrected chi connectivity index (χ4v) is 2.58. The molecule has 0 aliphatic carbocycles. The number of alkyl halides is 1. The molecule has 2 aromatic rings. The third-order valence-corrected chi connectivity index (χ3v) is 3.58. The van der Waals surface area contributed by atoms with E-state index in [1.54, 1.807) is 13.8 Å². The molecular weight excluding hydrogens is 281 g/mol. The van der Waals surface area contributed by atoms with E-state index >= 15 is 0 Å². The minimum atomic E-state index is -1.70. The summed E-state index contributed by atoms with van der Waals surface area (Å²) < 4.78 is 21.1. The molecule has 0 aromatic carbocycles. The van der Waals surface area contributed by atoms with E-state index in [4.69, 9.17) is 15.6 Å². The van der Waals surface area contributed by atoms with Crippen LogP contribution >= 0.6 is 0 Å². The summed E-state index contributed by atoms with van der Waals surface area (Å²) in [4.78, 5) is 12.5. The van der Waals surface area contributed by atoms with E-state index < -0.39 is 31.2 Å². The van der Waals surface area contributed by atoms with Crippen molar-refractivity contribution in [3.8, 4) is 0 Å². The number of aryl methyl sites for hydroxylation is 2. The van der Waals surface area contributed by atoms with E-state index in [-0.39, 0.29) is 5.82 Å². The van der Waals surface area contributed by atoms with Crippen LogP contribution < -0.4 is 5.73 Å². The normalized spacial score (nSPS) is 29.4. The molecule has 1 unspecified atom stereocenters. The first-order valence-electron chi connectivity index (χ1n) is 6.51. The van der Waals surface area contributed by atoms with Gasteiger partial charge in [-0.1, -0.05) is 0 Å². The van der Waals surface area contributed by atoms with Crippen molar-refractivity contribution in [3.63, 3.8) is 0 Å². The number of nitrogens with zero attached hydrogens (tertiary/aromatic N) is 4. The van der Waals surface area contributed by atoms with Gasteiger partial charge in [-0.2, -0.15) is 0 Å². The number of hydrogen-bond donors (Lipinski definition) is 3. The number of anilines is 1. The van der Waals surface area contributed by atoms with Crippen LogP contribution in [0.25, 0.3) is 11.2 Å². The fraction of sp³-hybridized carbons (Fsp3) is 0.583. The number of aliphatic hydroxyl groups is 2. The van der Waals surface area contributed by atoms with Crippen LogP contribution in [0.15, 0.2) is 0 Å². The summed E-state index contributed by atoms with van der Waals surface area (Å²) in [6.45, 7) is 2.85. The fourth-order valence-electron chi connectivity index (χ4n) is 2.58. The Bertz CT molecular complexity index is 691. The van der Waals surface area contributed by atoms with Gasteiger partial charge in [0.15, 0.2) is 29.4 Å². The first-order chi connectivity index (χ1) is 9.93. The van der Waals surface area contributed by atoms with Crippen LogP contribution in [0.2, 0.25) is 0 Å². The number of aliphatic hydroxyl groups excluding tert-OH is 2. The second-order valence-corrected chi connectivity index (χ2v) is 5.04. The van der Waals surface area contributed by atoms with Gasteiger partial charge in [0.2, 0.25) is 0 Å². The second kappa shape index (κ2) is 4.86. The Morgan fingerprint density at radius 2 is 2.05 bits per heavy atom. The summed E-state index contributed by atoms with van der Waals surface area (Å²) in [7, 11) is 0. The summed E-state index contributed by atoms with van der Waals surface area (Å²) in [5.41, 5.74) is 6.50. The highest BCUT2D eigenvalue weighted by molar-refractivity contribution is 5.82. The minimum absolute atomic E-state index is 0.201. The summed E-state index contributed by atoms with van der Waals surface area (Å²) in [6, 6.07) is 0. The molecule has 1 fully saturated rings. The van der Waals surface area contributed by atoms with E-state index in [1.165, 1.54) is 4.57 Å². The van der Waals surface area contributed by atoms with Crippen LogP contribution in [-0.2, 0) is 4.74 Å². The van der Waals surface area contributed by atoms with E-state index in [0.717, 1.165) is 0 Å². The maximum absolute atomic E-state index is 14.3. The standard InChI is InChI=1S/C12H16FN5O3/c1-4-15-10(14)8-11(16-4)18(5(2)17-8)12-7(13)9(20)6(3-19)21-12/h6-7,9,12,19-20H,3H2,1-2H3,(H2,14,15,16)/t6-,7+,9?,12-/m1/s1. The van der Waals surface area contributed by atoms with Crippen molar-refractivity contribution in [2.45, 2.75) is 38.5 Å². The molecule has 1 saturated heterocycles. The lowest BCUT2D eigenvalue weighted by Crippen LogP contribution is -2.30. The summed E-state index contributed by atoms with van der Waals surface area (Å²) in [6.07, 6.45) is -5.20. The first-order valence-corrected chi connectivity index (χ1v) is 6.51. The minimum Gasteiger partial charge on any atom is -0.394 e. The molecule has 114 valence electrons. The predicted octanol–water partition coefficient (Wildman–Crippen LogP) is -0.386. The summed E-state index contributed by atoms with van der Waals surface area (Å²) in [5.74, 6) is 1.07. The number of nitrogens with two attached hydrogens (primary N) is 1. The van der Waals surface area contributed by atoms with E-state index in [2.05, 4.69) is 15.0 Å². The van der Waals surface area contributed by atoms with Crippen LogP contribution in [0, 0.1) is 13.8 Å². The molecule has 3 rings (SSSR count). The molecule has 0 radical (unpaired) electrons. The van der Waals surface area contributed by atoms with Gasteiger partial charge in [-0.3, -0.25) is 4.57 Å². The lowest BCUT2D eigenvalue weighted by molar-refractivity contribution is -0.0466. The van der Waals surface area contributed by atoms with Crippen molar-refractivity contribution < 1.29 is 19.3 Å². The first kappa shape index (κ1) is 14.1. The number of aromatic nitrogens is 4. The third-order valence-electron chi connectivity index (χ3n) is 3.58. The monoisotopic (exact) mass is 297 g/mol. The molecule has 8 nitrogen and oxygen atoms in total. The van der Waals surface area contributed by atoms with Crippen LogP contribution in [0.1, 0.15) is 17.9 Å². The van der Waals surface area contributed by atoms with E-state index in [1.807, 2.05) is 0 Å². The van der Waals surface area contributed by atoms with Crippen molar-refractivity contribution in [1.82, 2.24) is 19.5 Å². The number of halogens is 1. The molecule has 0 bridgehead atoms. The van der Waals surface area contributed by atoms with Gasteiger partial charge in [0.05, 0.1) is 6.61 Å².